The number of amides is 1. The molecule has 2 unspecified atom stereocenters. The molecule has 1 fully saturated rings. The quantitative estimate of drug-likeness (QED) is 0.778. The normalized spacial score (nSPS) is 29.3. The molecule has 15 heavy (non-hydrogen) atoms. The lowest BCUT2D eigenvalue weighted by atomic mass is 10.0. The molecule has 0 aromatic rings. The Balaban J connectivity index is 2.59. The van der Waals surface area contributed by atoms with E-state index in [2.05, 4.69) is 13.8 Å². The second-order valence-corrected chi connectivity index (χ2v) is 6.65. The van der Waals surface area contributed by atoms with Crippen LogP contribution in [0, 0.1) is 5.92 Å². The van der Waals surface area contributed by atoms with Crippen molar-refractivity contribution < 1.29 is 4.79 Å². The summed E-state index contributed by atoms with van der Waals surface area (Å²) in [6.45, 7) is 10.0. The van der Waals surface area contributed by atoms with Crippen LogP contribution in [-0.4, -0.2) is 40.4 Å². The van der Waals surface area contributed by atoms with Crippen molar-refractivity contribution in [3.05, 3.63) is 0 Å². The largest absolute Gasteiger partial charge is 0.339 e. The van der Waals surface area contributed by atoms with Crippen molar-refractivity contribution in [2.24, 2.45) is 11.7 Å². The van der Waals surface area contributed by atoms with Crippen molar-refractivity contribution in [1.29, 1.82) is 0 Å². The molecular weight excluding hydrogens is 208 g/mol. The smallest absolute Gasteiger partial charge is 0.239 e. The van der Waals surface area contributed by atoms with Gasteiger partial charge >= 0.3 is 0 Å². The van der Waals surface area contributed by atoms with Crippen molar-refractivity contribution in [3.63, 3.8) is 0 Å². The highest BCUT2D eigenvalue weighted by Crippen LogP contribution is 2.25. The molecule has 1 amide bonds. The van der Waals surface area contributed by atoms with E-state index in [1.165, 1.54) is 0 Å². The summed E-state index contributed by atoms with van der Waals surface area (Å²) in [5, 5.41) is 1.05. The first kappa shape index (κ1) is 12.8. The number of nitrogens with zero attached hydrogens (tertiary/aromatic N) is 1. The predicted molar refractivity (Wildman–Crippen MR) is 65.9 cm³/mol. The third kappa shape index (κ3) is 3.38. The minimum absolute atomic E-state index is 0.115. The maximum absolute atomic E-state index is 12.0. The van der Waals surface area contributed by atoms with Gasteiger partial charge in [-0.05, 0) is 5.92 Å². The minimum atomic E-state index is -0.340. The number of carbonyl (C=O) groups is 1. The maximum Gasteiger partial charge on any atom is 0.239 e. The van der Waals surface area contributed by atoms with Gasteiger partial charge in [0.25, 0.3) is 0 Å². The summed E-state index contributed by atoms with van der Waals surface area (Å²) in [5.41, 5.74) is 5.88. The fourth-order valence-corrected chi connectivity index (χ4v) is 3.18. The monoisotopic (exact) mass is 230 g/mol. The number of carbonyl (C=O) groups excluding carboxylic acids is 1. The Morgan fingerprint density at radius 2 is 1.80 bits per heavy atom. The number of hydrogen-bond acceptors (Lipinski definition) is 3. The highest BCUT2D eigenvalue weighted by atomic mass is 32.2. The van der Waals surface area contributed by atoms with Crippen LogP contribution in [0.3, 0.4) is 0 Å². The van der Waals surface area contributed by atoms with Crippen LogP contribution in [0.15, 0.2) is 0 Å². The zero-order chi connectivity index (χ0) is 11.6. The fraction of sp³-hybridized carbons (Fsp3) is 0.909. The molecule has 3 atom stereocenters. The lowest BCUT2D eigenvalue weighted by Gasteiger charge is -2.36. The van der Waals surface area contributed by atoms with Crippen molar-refractivity contribution in [3.8, 4) is 0 Å². The molecule has 3 nitrogen and oxygen atoms in total. The summed E-state index contributed by atoms with van der Waals surface area (Å²) < 4.78 is 0. The molecule has 1 aliphatic rings. The van der Waals surface area contributed by atoms with Crippen molar-refractivity contribution >= 4 is 17.7 Å². The van der Waals surface area contributed by atoms with Crippen LogP contribution in [0.1, 0.15) is 27.7 Å². The van der Waals surface area contributed by atoms with E-state index >= 15 is 0 Å². The van der Waals surface area contributed by atoms with E-state index in [1.807, 2.05) is 30.5 Å². The molecule has 0 spiro atoms. The molecule has 2 N–H and O–H groups in total. The second-order valence-electron chi connectivity index (χ2n) is 4.77. The minimum Gasteiger partial charge on any atom is -0.339 e. The van der Waals surface area contributed by atoms with Crippen LogP contribution in [-0.2, 0) is 4.79 Å². The summed E-state index contributed by atoms with van der Waals surface area (Å²) in [7, 11) is 0. The summed E-state index contributed by atoms with van der Waals surface area (Å²) >= 11 is 1.95. The van der Waals surface area contributed by atoms with E-state index in [9.17, 15) is 4.79 Å². The first-order valence-corrected chi connectivity index (χ1v) is 6.56. The zero-order valence-corrected chi connectivity index (χ0v) is 10.9. The van der Waals surface area contributed by atoms with Crippen molar-refractivity contribution in [2.75, 3.05) is 13.1 Å². The van der Waals surface area contributed by atoms with Crippen LogP contribution in [0.25, 0.3) is 0 Å². The first-order chi connectivity index (χ1) is 6.91. The van der Waals surface area contributed by atoms with Crippen LogP contribution in [0.4, 0.5) is 0 Å². The number of hydrogen-bond donors (Lipinski definition) is 1. The number of rotatable bonds is 2. The molecule has 1 aliphatic heterocycles. The average molecular weight is 230 g/mol. The molecule has 0 radical (unpaired) electrons. The Kier molecular flexibility index (Phi) is 4.46. The summed E-state index contributed by atoms with van der Waals surface area (Å²) in [6.07, 6.45) is 0. The Morgan fingerprint density at radius 1 is 1.33 bits per heavy atom. The van der Waals surface area contributed by atoms with Gasteiger partial charge in [-0.15, -0.1) is 0 Å². The molecular formula is C11H22N2OS. The average Bonchev–Trinajstić information content (AvgIpc) is 2.13. The van der Waals surface area contributed by atoms with Crippen molar-refractivity contribution in [1.82, 2.24) is 4.90 Å². The second kappa shape index (κ2) is 5.21. The SMILES string of the molecule is CC1CN(C(=O)[C@@H](N)C(C)C)CC(C)S1. The van der Waals surface area contributed by atoms with Gasteiger partial charge in [0.1, 0.15) is 0 Å². The highest BCUT2D eigenvalue weighted by Gasteiger charge is 2.29. The van der Waals surface area contributed by atoms with Crippen LogP contribution >= 0.6 is 11.8 Å². The summed E-state index contributed by atoms with van der Waals surface area (Å²) in [5.74, 6) is 0.335. The molecule has 1 heterocycles. The third-order valence-corrected chi connectivity index (χ3v) is 3.96. The van der Waals surface area contributed by atoms with E-state index in [0.29, 0.717) is 10.5 Å². The van der Waals surface area contributed by atoms with E-state index < -0.39 is 0 Å². The van der Waals surface area contributed by atoms with Gasteiger partial charge in [-0.25, -0.2) is 0 Å². The van der Waals surface area contributed by atoms with Crippen LogP contribution in [0.2, 0.25) is 0 Å². The fourth-order valence-electron chi connectivity index (χ4n) is 1.85. The molecule has 0 aliphatic carbocycles. The maximum atomic E-state index is 12.0. The van der Waals surface area contributed by atoms with Crippen LogP contribution in [0.5, 0.6) is 0 Å². The molecule has 88 valence electrons. The van der Waals surface area contributed by atoms with Gasteiger partial charge in [-0.1, -0.05) is 27.7 Å². The van der Waals surface area contributed by atoms with E-state index in [-0.39, 0.29) is 17.9 Å². The van der Waals surface area contributed by atoms with Gasteiger partial charge in [-0.3, -0.25) is 4.79 Å². The lowest BCUT2D eigenvalue weighted by molar-refractivity contribution is -0.133. The number of nitrogens with two attached hydrogens (primary N) is 1. The molecule has 0 bridgehead atoms. The first-order valence-electron chi connectivity index (χ1n) is 5.61. The van der Waals surface area contributed by atoms with Gasteiger partial charge in [0.15, 0.2) is 0 Å². The molecule has 1 rings (SSSR count). The molecule has 1 saturated heterocycles. The summed E-state index contributed by atoms with van der Waals surface area (Å²) in [6, 6.07) is -0.340. The highest BCUT2D eigenvalue weighted by molar-refractivity contribution is 8.00. The van der Waals surface area contributed by atoms with E-state index in [1.54, 1.807) is 0 Å². The molecule has 0 saturated carbocycles. The molecule has 4 heteroatoms. The topological polar surface area (TPSA) is 46.3 Å². The molecule has 0 aromatic heterocycles. The van der Waals surface area contributed by atoms with Gasteiger partial charge in [0, 0.05) is 23.6 Å². The van der Waals surface area contributed by atoms with Gasteiger partial charge in [0.2, 0.25) is 5.91 Å². The molecule has 0 aromatic carbocycles. The Morgan fingerprint density at radius 3 is 2.20 bits per heavy atom. The van der Waals surface area contributed by atoms with E-state index in [4.69, 9.17) is 5.73 Å². The Hall–Kier alpha value is -0.220. The number of thioether (sulfide) groups is 1. The van der Waals surface area contributed by atoms with Crippen molar-refractivity contribution in [2.45, 2.75) is 44.2 Å². The summed E-state index contributed by atoms with van der Waals surface area (Å²) in [4.78, 5) is 13.9. The Labute approximate surface area is 96.8 Å². The van der Waals surface area contributed by atoms with E-state index in [0.717, 1.165) is 13.1 Å². The van der Waals surface area contributed by atoms with Gasteiger partial charge in [0.05, 0.1) is 6.04 Å². The van der Waals surface area contributed by atoms with Gasteiger partial charge < -0.3 is 10.6 Å². The predicted octanol–water partition coefficient (Wildman–Crippen LogP) is 1.32. The lowest BCUT2D eigenvalue weighted by Crippen LogP contribution is -2.52. The Bertz CT molecular complexity index is 223. The van der Waals surface area contributed by atoms with Crippen LogP contribution < -0.4 is 5.73 Å². The van der Waals surface area contributed by atoms with Gasteiger partial charge in [-0.2, -0.15) is 11.8 Å². The zero-order valence-electron chi connectivity index (χ0n) is 10.1. The third-order valence-electron chi connectivity index (χ3n) is 2.73. The standard InChI is InChI=1S/C11H22N2OS/c1-7(2)10(12)11(14)13-5-8(3)15-9(4)6-13/h7-10H,5-6,12H2,1-4H3/t8?,9?,10-/m0/s1.